The smallest absolute Gasteiger partial charge is 0.243 e. The SMILES string of the molecule is CC(C)CCNC(=O)[C@H](Cc1ccccc1)N(Cc1ccc(Cl)cc1)C(=O)Cc1ccccc1. The second-order valence-electron chi connectivity index (χ2n) is 8.99. The number of nitrogens with one attached hydrogen (secondary N) is 1. The van der Waals surface area contributed by atoms with Crippen molar-refractivity contribution in [2.45, 2.75) is 45.7 Å². The van der Waals surface area contributed by atoms with Crippen LogP contribution in [0, 0.1) is 5.92 Å². The molecule has 2 amide bonds. The summed E-state index contributed by atoms with van der Waals surface area (Å²) >= 11 is 6.08. The van der Waals surface area contributed by atoms with E-state index < -0.39 is 6.04 Å². The van der Waals surface area contributed by atoms with E-state index in [1.54, 1.807) is 4.90 Å². The van der Waals surface area contributed by atoms with Crippen molar-refractivity contribution in [1.29, 1.82) is 0 Å². The van der Waals surface area contributed by atoms with Gasteiger partial charge in [0.05, 0.1) is 6.42 Å². The minimum Gasteiger partial charge on any atom is -0.354 e. The van der Waals surface area contributed by atoms with Crippen LogP contribution in [0.4, 0.5) is 0 Å². The third-order valence-electron chi connectivity index (χ3n) is 5.76. The minimum absolute atomic E-state index is 0.0823. The Labute approximate surface area is 207 Å². The summed E-state index contributed by atoms with van der Waals surface area (Å²) in [6.45, 7) is 5.18. The molecular weight excluding hydrogens is 444 g/mol. The molecule has 3 aromatic rings. The Bertz CT molecular complexity index is 1040. The predicted octanol–water partition coefficient (Wildman–Crippen LogP) is 5.68. The Morgan fingerprint density at radius 3 is 2.00 bits per heavy atom. The first-order valence-electron chi connectivity index (χ1n) is 11.8. The van der Waals surface area contributed by atoms with E-state index in [2.05, 4.69) is 19.2 Å². The summed E-state index contributed by atoms with van der Waals surface area (Å²) in [5.41, 5.74) is 2.87. The molecule has 0 aliphatic heterocycles. The third kappa shape index (κ3) is 8.03. The van der Waals surface area contributed by atoms with Gasteiger partial charge < -0.3 is 10.2 Å². The van der Waals surface area contributed by atoms with Crippen LogP contribution in [0.3, 0.4) is 0 Å². The van der Waals surface area contributed by atoms with E-state index >= 15 is 0 Å². The van der Waals surface area contributed by atoms with Crippen molar-refractivity contribution < 1.29 is 9.59 Å². The van der Waals surface area contributed by atoms with Crippen LogP contribution in [-0.2, 0) is 29.0 Å². The fourth-order valence-corrected chi connectivity index (χ4v) is 3.94. The molecule has 1 N–H and O–H groups in total. The van der Waals surface area contributed by atoms with Gasteiger partial charge in [-0.25, -0.2) is 0 Å². The zero-order valence-corrected chi connectivity index (χ0v) is 20.7. The maximum absolute atomic E-state index is 13.6. The molecule has 1 atom stereocenters. The maximum Gasteiger partial charge on any atom is 0.243 e. The van der Waals surface area contributed by atoms with Gasteiger partial charge in [0.25, 0.3) is 0 Å². The van der Waals surface area contributed by atoms with Gasteiger partial charge in [-0.05, 0) is 41.2 Å². The zero-order valence-electron chi connectivity index (χ0n) is 19.9. The summed E-state index contributed by atoms with van der Waals surface area (Å²) in [6.07, 6.45) is 1.57. The van der Waals surface area contributed by atoms with Gasteiger partial charge in [-0.2, -0.15) is 0 Å². The van der Waals surface area contributed by atoms with Gasteiger partial charge in [0.1, 0.15) is 6.04 Å². The molecule has 0 saturated heterocycles. The van der Waals surface area contributed by atoms with Crippen molar-refractivity contribution in [2.75, 3.05) is 6.54 Å². The molecule has 5 heteroatoms. The quantitative estimate of drug-likeness (QED) is 0.386. The fraction of sp³-hybridized carbons (Fsp3) is 0.310. The first-order chi connectivity index (χ1) is 16.4. The molecule has 0 heterocycles. The van der Waals surface area contributed by atoms with Gasteiger partial charge in [0, 0.05) is 24.5 Å². The van der Waals surface area contributed by atoms with Gasteiger partial charge in [-0.3, -0.25) is 9.59 Å². The number of benzene rings is 3. The number of rotatable bonds is 11. The summed E-state index contributed by atoms with van der Waals surface area (Å²) in [4.78, 5) is 28.8. The maximum atomic E-state index is 13.6. The number of halogens is 1. The molecule has 0 aromatic heterocycles. The van der Waals surface area contributed by atoms with Gasteiger partial charge in [0.15, 0.2) is 0 Å². The molecule has 0 spiro atoms. The van der Waals surface area contributed by atoms with Crippen molar-refractivity contribution in [1.82, 2.24) is 10.2 Å². The lowest BCUT2D eigenvalue weighted by atomic mass is 10.0. The second kappa shape index (κ2) is 13.0. The highest BCUT2D eigenvalue weighted by atomic mass is 35.5. The normalized spacial score (nSPS) is 11.8. The van der Waals surface area contributed by atoms with Crippen LogP contribution in [0.5, 0.6) is 0 Å². The summed E-state index contributed by atoms with van der Waals surface area (Å²) < 4.78 is 0. The van der Waals surface area contributed by atoms with Crippen molar-refractivity contribution in [3.63, 3.8) is 0 Å². The zero-order chi connectivity index (χ0) is 24.3. The Hall–Kier alpha value is -3.11. The van der Waals surface area contributed by atoms with Crippen molar-refractivity contribution in [3.8, 4) is 0 Å². The lowest BCUT2D eigenvalue weighted by molar-refractivity contribution is -0.140. The molecule has 3 aromatic carbocycles. The van der Waals surface area contributed by atoms with Gasteiger partial charge in [-0.1, -0.05) is 98.2 Å². The summed E-state index contributed by atoms with van der Waals surface area (Å²) in [7, 11) is 0. The Kier molecular flexibility index (Phi) is 9.72. The average molecular weight is 477 g/mol. The Balaban J connectivity index is 1.91. The monoisotopic (exact) mass is 476 g/mol. The third-order valence-corrected chi connectivity index (χ3v) is 6.01. The van der Waals surface area contributed by atoms with Gasteiger partial charge in [0.2, 0.25) is 11.8 Å². The number of hydrogen-bond acceptors (Lipinski definition) is 2. The van der Waals surface area contributed by atoms with E-state index in [1.165, 1.54) is 0 Å². The minimum atomic E-state index is -0.624. The highest BCUT2D eigenvalue weighted by Crippen LogP contribution is 2.18. The predicted molar refractivity (Wildman–Crippen MR) is 139 cm³/mol. The molecule has 0 fully saturated rings. The van der Waals surface area contributed by atoms with E-state index in [0.717, 1.165) is 23.1 Å². The molecule has 0 saturated carbocycles. The molecule has 0 unspecified atom stereocenters. The van der Waals surface area contributed by atoms with E-state index in [0.29, 0.717) is 30.5 Å². The van der Waals surface area contributed by atoms with Crippen LogP contribution in [0.1, 0.15) is 37.0 Å². The molecule has 0 aliphatic carbocycles. The second-order valence-corrected chi connectivity index (χ2v) is 9.43. The molecule has 178 valence electrons. The number of carbonyl (C=O) groups is 2. The largest absolute Gasteiger partial charge is 0.354 e. The lowest BCUT2D eigenvalue weighted by Crippen LogP contribution is -2.51. The van der Waals surface area contributed by atoms with Crippen molar-refractivity contribution >= 4 is 23.4 Å². The Morgan fingerprint density at radius 1 is 0.824 bits per heavy atom. The highest BCUT2D eigenvalue weighted by Gasteiger charge is 2.30. The lowest BCUT2D eigenvalue weighted by Gasteiger charge is -2.32. The molecular formula is C29H33ClN2O2. The van der Waals surface area contributed by atoms with E-state index in [4.69, 9.17) is 11.6 Å². The van der Waals surface area contributed by atoms with Crippen LogP contribution < -0.4 is 5.32 Å². The number of carbonyl (C=O) groups excluding carboxylic acids is 2. The van der Waals surface area contributed by atoms with E-state index in [1.807, 2.05) is 84.9 Å². The molecule has 0 aliphatic rings. The first-order valence-corrected chi connectivity index (χ1v) is 12.2. The molecule has 4 nitrogen and oxygen atoms in total. The van der Waals surface area contributed by atoms with Crippen molar-refractivity contribution in [2.24, 2.45) is 5.92 Å². The van der Waals surface area contributed by atoms with Crippen LogP contribution in [0.25, 0.3) is 0 Å². The Morgan fingerprint density at radius 2 is 1.41 bits per heavy atom. The van der Waals surface area contributed by atoms with Crippen LogP contribution in [-0.4, -0.2) is 29.3 Å². The topological polar surface area (TPSA) is 49.4 Å². The molecule has 34 heavy (non-hydrogen) atoms. The van der Waals surface area contributed by atoms with E-state index in [-0.39, 0.29) is 18.2 Å². The van der Waals surface area contributed by atoms with E-state index in [9.17, 15) is 9.59 Å². The van der Waals surface area contributed by atoms with Crippen molar-refractivity contribution in [3.05, 3.63) is 107 Å². The summed E-state index contributed by atoms with van der Waals surface area (Å²) in [6, 6.07) is 26.3. The van der Waals surface area contributed by atoms with Crippen LogP contribution >= 0.6 is 11.6 Å². The number of amides is 2. The van der Waals surface area contributed by atoms with Gasteiger partial charge in [-0.15, -0.1) is 0 Å². The van der Waals surface area contributed by atoms with Crippen LogP contribution in [0.2, 0.25) is 5.02 Å². The molecule has 0 bridgehead atoms. The first kappa shape index (κ1) is 25.5. The standard InChI is InChI=1S/C29H33ClN2O2/c1-22(2)17-18-31-29(34)27(19-23-9-5-3-6-10-23)32(21-25-13-15-26(30)16-14-25)28(33)20-24-11-7-4-8-12-24/h3-16,22,27H,17-21H2,1-2H3,(H,31,34)/t27-/m0/s1. The van der Waals surface area contributed by atoms with Gasteiger partial charge >= 0.3 is 0 Å². The fourth-order valence-electron chi connectivity index (χ4n) is 3.81. The average Bonchev–Trinajstić information content (AvgIpc) is 2.83. The summed E-state index contributed by atoms with van der Waals surface area (Å²) in [5, 5.41) is 3.71. The molecule has 0 radical (unpaired) electrons. The number of nitrogens with zero attached hydrogens (tertiary/aromatic N) is 1. The number of hydrogen-bond donors (Lipinski definition) is 1. The molecule has 3 rings (SSSR count). The highest BCUT2D eigenvalue weighted by molar-refractivity contribution is 6.30. The van der Waals surface area contributed by atoms with Crippen LogP contribution in [0.15, 0.2) is 84.9 Å². The summed E-state index contributed by atoms with van der Waals surface area (Å²) in [5.74, 6) is 0.277.